The van der Waals surface area contributed by atoms with Crippen molar-refractivity contribution in [2.45, 2.75) is 53.6 Å². The lowest BCUT2D eigenvalue weighted by Crippen LogP contribution is -2.50. The third kappa shape index (κ3) is 2.12. The van der Waals surface area contributed by atoms with Crippen molar-refractivity contribution in [3.05, 3.63) is 12.2 Å². The minimum atomic E-state index is -0.410. The van der Waals surface area contributed by atoms with E-state index < -0.39 is 5.60 Å². The van der Waals surface area contributed by atoms with Crippen LogP contribution < -0.4 is 0 Å². The lowest BCUT2D eigenvalue weighted by atomic mass is 9.63. The highest BCUT2D eigenvalue weighted by Gasteiger charge is 2.63. The van der Waals surface area contributed by atoms with Crippen molar-refractivity contribution in [1.29, 1.82) is 0 Å². The summed E-state index contributed by atoms with van der Waals surface area (Å²) in [6, 6.07) is 0. The normalized spacial score (nSPS) is 38.5. The van der Waals surface area contributed by atoms with Gasteiger partial charge in [-0.3, -0.25) is 0 Å². The molecule has 0 amide bonds. The van der Waals surface area contributed by atoms with Crippen LogP contribution in [-0.2, 0) is 9.53 Å². The first-order valence-electron chi connectivity index (χ1n) is 6.46. The van der Waals surface area contributed by atoms with Crippen LogP contribution in [0.1, 0.15) is 48.0 Å². The van der Waals surface area contributed by atoms with Crippen molar-refractivity contribution in [2.75, 3.05) is 4.43 Å². The van der Waals surface area contributed by atoms with E-state index in [-0.39, 0.29) is 16.8 Å². The molecule has 1 aliphatic rings. The van der Waals surface area contributed by atoms with Crippen LogP contribution in [0.3, 0.4) is 0 Å². The minimum Gasteiger partial charge on any atom is -0.455 e. The number of rotatable bonds is 3. The molecule has 0 saturated heterocycles. The zero-order valence-electron chi connectivity index (χ0n) is 12.4. The molecule has 3 atom stereocenters. The molecule has 0 bridgehead atoms. The van der Waals surface area contributed by atoms with Crippen LogP contribution in [-0.4, -0.2) is 16.0 Å². The molecule has 0 radical (unpaired) electrons. The first kappa shape index (κ1) is 16.0. The van der Waals surface area contributed by atoms with E-state index in [1.165, 1.54) is 0 Å². The van der Waals surface area contributed by atoms with Crippen LogP contribution in [0.15, 0.2) is 12.2 Å². The first-order valence-corrected chi connectivity index (χ1v) is 7.99. The summed E-state index contributed by atoms with van der Waals surface area (Å²) >= 11 is 2.42. The Labute approximate surface area is 125 Å². The van der Waals surface area contributed by atoms with Crippen LogP contribution in [0.5, 0.6) is 0 Å². The second-order valence-electron chi connectivity index (χ2n) is 6.69. The zero-order valence-corrected chi connectivity index (χ0v) is 14.6. The van der Waals surface area contributed by atoms with Crippen molar-refractivity contribution in [1.82, 2.24) is 0 Å². The Kier molecular flexibility index (Phi) is 4.27. The molecule has 1 rings (SSSR count). The third-order valence-electron chi connectivity index (χ3n) is 5.45. The summed E-state index contributed by atoms with van der Waals surface area (Å²) in [6.07, 6.45) is 0.915. The van der Waals surface area contributed by atoms with Crippen molar-refractivity contribution >= 4 is 28.6 Å². The van der Waals surface area contributed by atoms with Gasteiger partial charge in [-0.05, 0) is 31.6 Å². The van der Waals surface area contributed by atoms with Gasteiger partial charge in [-0.2, -0.15) is 0 Å². The Morgan fingerprint density at radius 3 is 2.28 bits per heavy atom. The monoisotopic (exact) mass is 364 g/mol. The molecule has 3 heteroatoms. The minimum absolute atomic E-state index is 0.0227. The molecule has 3 unspecified atom stereocenters. The molecule has 0 spiro atoms. The van der Waals surface area contributed by atoms with Gasteiger partial charge in [0.1, 0.15) is 5.60 Å². The highest BCUT2D eigenvalue weighted by molar-refractivity contribution is 14.1. The summed E-state index contributed by atoms with van der Waals surface area (Å²) in [7, 11) is 0. The summed E-state index contributed by atoms with van der Waals surface area (Å²) < 4.78 is 6.80. The lowest BCUT2D eigenvalue weighted by Gasteiger charge is -2.47. The predicted molar refractivity (Wildman–Crippen MR) is 83.9 cm³/mol. The van der Waals surface area contributed by atoms with Gasteiger partial charge in [0.25, 0.3) is 0 Å². The SMILES string of the molecule is C=C(C)C(=O)OC1(C)CC(C)C(C)(C)C1(C)CI. The van der Waals surface area contributed by atoms with E-state index in [4.69, 9.17) is 4.74 Å². The molecule has 0 aromatic rings. The highest BCUT2D eigenvalue weighted by atomic mass is 127. The number of hydrogen-bond donors (Lipinski definition) is 0. The molecule has 2 nitrogen and oxygen atoms in total. The molecule has 18 heavy (non-hydrogen) atoms. The lowest BCUT2D eigenvalue weighted by molar-refractivity contribution is -0.166. The van der Waals surface area contributed by atoms with Gasteiger partial charge in [0, 0.05) is 15.4 Å². The Balaban J connectivity index is 3.15. The van der Waals surface area contributed by atoms with E-state index in [0.29, 0.717) is 11.5 Å². The average molecular weight is 364 g/mol. The van der Waals surface area contributed by atoms with E-state index in [2.05, 4.69) is 63.8 Å². The third-order valence-corrected chi connectivity index (χ3v) is 6.98. The van der Waals surface area contributed by atoms with Crippen LogP contribution in [0.4, 0.5) is 0 Å². The van der Waals surface area contributed by atoms with Crippen LogP contribution in [0, 0.1) is 16.7 Å². The molecule has 1 aliphatic carbocycles. The summed E-state index contributed by atoms with van der Waals surface area (Å²) in [5.74, 6) is 0.263. The van der Waals surface area contributed by atoms with E-state index >= 15 is 0 Å². The van der Waals surface area contributed by atoms with Crippen molar-refractivity contribution in [3.63, 3.8) is 0 Å². The fourth-order valence-electron chi connectivity index (χ4n) is 3.05. The Morgan fingerprint density at radius 1 is 1.39 bits per heavy atom. The largest absolute Gasteiger partial charge is 0.455 e. The van der Waals surface area contributed by atoms with Gasteiger partial charge in [-0.25, -0.2) is 4.79 Å². The summed E-state index contributed by atoms with van der Waals surface area (Å²) in [6.45, 7) is 16.5. The van der Waals surface area contributed by atoms with Gasteiger partial charge in [0.15, 0.2) is 0 Å². The van der Waals surface area contributed by atoms with Crippen molar-refractivity contribution in [3.8, 4) is 0 Å². The molecule has 0 aromatic heterocycles. The topological polar surface area (TPSA) is 26.3 Å². The van der Waals surface area contributed by atoms with Crippen LogP contribution in [0.2, 0.25) is 0 Å². The first-order chi connectivity index (χ1) is 8.02. The number of ether oxygens (including phenoxy) is 1. The van der Waals surface area contributed by atoms with Crippen LogP contribution in [0.25, 0.3) is 0 Å². The molecular weight excluding hydrogens is 339 g/mol. The second-order valence-corrected chi connectivity index (χ2v) is 7.46. The summed E-state index contributed by atoms with van der Waals surface area (Å²) in [4.78, 5) is 11.9. The number of carbonyl (C=O) groups is 1. The maximum absolute atomic E-state index is 11.9. The molecule has 1 saturated carbocycles. The van der Waals surface area contributed by atoms with E-state index in [1.54, 1.807) is 6.92 Å². The van der Waals surface area contributed by atoms with E-state index in [9.17, 15) is 4.79 Å². The molecule has 0 aromatic carbocycles. The maximum atomic E-state index is 11.9. The van der Waals surface area contributed by atoms with E-state index in [0.717, 1.165) is 10.8 Å². The van der Waals surface area contributed by atoms with Gasteiger partial charge >= 0.3 is 5.97 Å². The second kappa shape index (κ2) is 4.80. The Bertz CT molecular complexity index is 375. The zero-order chi connectivity index (χ0) is 14.4. The molecule has 0 aliphatic heterocycles. The molecular formula is C15H25IO2. The quantitative estimate of drug-likeness (QED) is 0.322. The fraction of sp³-hybridized carbons (Fsp3) is 0.800. The fourth-order valence-corrected chi connectivity index (χ4v) is 4.84. The molecule has 104 valence electrons. The summed E-state index contributed by atoms with van der Waals surface area (Å²) in [5, 5.41) is 0. The van der Waals surface area contributed by atoms with Gasteiger partial charge in [-0.15, -0.1) is 0 Å². The number of alkyl halides is 1. The molecule has 1 fully saturated rings. The molecule has 0 heterocycles. The number of carbonyl (C=O) groups excluding carboxylic acids is 1. The van der Waals surface area contributed by atoms with Crippen LogP contribution >= 0.6 is 22.6 Å². The van der Waals surface area contributed by atoms with Gasteiger partial charge in [-0.1, -0.05) is 56.9 Å². The van der Waals surface area contributed by atoms with Gasteiger partial charge in [0.2, 0.25) is 0 Å². The number of hydrogen-bond acceptors (Lipinski definition) is 2. The highest BCUT2D eigenvalue weighted by Crippen LogP contribution is 2.62. The Morgan fingerprint density at radius 2 is 1.89 bits per heavy atom. The van der Waals surface area contributed by atoms with Gasteiger partial charge in [0.05, 0.1) is 0 Å². The van der Waals surface area contributed by atoms with Gasteiger partial charge < -0.3 is 4.74 Å². The smallest absolute Gasteiger partial charge is 0.333 e. The van der Waals surface area contributed by atoms with E-state index in [1.807, 2.05) is 0 Å². The standard InChI is InChI=1S/C15H25IO2/c1-10(2)12(17)18-15(7)8-11(3)13(4,5)14(15,6)9-16/h11H,1,8-9H2,2-7H3. The number of esters is 1. The Hall–Kier alpha value is -0.0600. The predicted octanol–water partition coefficient (Wildman–Crippen LogP) is 4.37. The van der Waals surface area contributed by atoms with Crippen molar-refractivity contribution in [2.24, 2.45) is 16.7 Å². The maximum Gasteiger partial charge on any atom is 0.333 e. The number of halogens is 1. The summed E-state index contributed by atoms with van der Waals surface area (Å²) in [5.41, 5.74) is 0.195. The van der Waals surface area contributed by atoms with Crippen molar-refractivity contribution < 1.29 is 9.53 Å². The average Bonchev–Trinajstić information content (AvgIpc) is 2.38. The molecule has 0 N–H and O–H groups in total.